The minimum absolute atomic E-state index is 0.0350. The molecule has 142 valence electrons. The molecule has 0 radical (unpaired) electrons. The Kier molecular flexibility index (Phi) is 4.74. The summed E-state index contributed by atoms with van der Waals surface area (Å²) >= 11 is 11.8. The summed E-state index contributed by atoms with van der Waals surface area (Å²) in [5, 5.41) is 0.470. The molecule has 0 aliphatic heterocycles. The molecule has 0 fully saturated rings. The predicted octanol–water partition coefficient (Wildman–Crippen LogP) is 4.81. The van der Waals surface area contributed by atoms with Crippen LogP contribution in [0.2, 0.25) is 10.0 Å². The molecule has 2 aromatic carbocycles. The first-order valence-electron chi connectivity index (χ1n) is 8.22. The van der Waals surface area contributed by atoms with Crippen LogP contribution in [-0.4, -0.2) is 22.8 Å². The van der Waals surface area contributed by atoms with Crippen molar-refractivity contribution in [3.63, 3.8) is 0 Å². The Hall–Kier alpha value is -2.61. The van der Waals surface area contributed by atoms with E-state index in [1.165, 1.54) is 18.2 Å². The van der Waals surface area contributed by atoms with Crippen molar-refractivity contribution in [3.05, 3.63) is 76.7 Å². The molecule has 0 unspecified atom stereocenters. The van der Waals surface area contributed by atoms with Crippen LogP contribution in [0.15, 0.2) is 65.8 Å². The molecule has 4 rings (SSSR count). The first kappa shape index (κ1) is 18.7. The summed E-state index contributed by atoms with van der Waals surface area (Å²) in [7, 11) is -3.78. The average Bonchev–Trinajstić information content (AvgIpc) is 3.07. The number of aryl methyl sites for hydroxylation is 1. The highest BCUT2D eigenvalue weighted by molar-refractivity contribution is 7.92. The molecule has 1 N–H and O–H groups in total. The van der Waals surface area contributed by atoms with Crippen LogP contribution >= 0.6 is 23.2 Å². The number of halogens is 2. The molecule has 0 bridgehead atoms. The van der Waals surface area contributed by atoms with Gasteiger partial charge in [0.1, 0.15) is 0 Å². The van der Waals surface area contributed by atoms with Gasteiger partial charge in [-0.1, -0.05) is 35.3 Å². The molecule has 0 aliphatic rings. The van der Waals surface area contributed by atoms with Gasteiger partial charge < -0.3 is 0 Å². The zero-order valence-corrected chi connectivity index (χ0v) is 16.9. The lowest BCUT2D eigenvalue weighted by Gasteiger charge is -2.09. The molecule has 28 heavy (non-hydrogen) atoms. The van der Waals surface area contributed by atoms with Gasteiger partial charge in [-0.25, -0.2) is 18.4 Å². The number of fused-ring (bicyclic) bond motifs is 1. The molecule has 0 aliphatic carbocycles. The van der Waals surface area contributed by atoms with Gasteiger partial charge in [0.2, 0.25) is 5.78 Å². The Morgan fingerprint density at radius 1 is 0.964 bits per heavy atom. The lowest BCUT2D eigenvalue weighted by Crippen LogP contribution is -2.12. The van der Waals surface area contributed by atoms with Crippen molar-refractivity contribution in [2.24, 2.45) is 0 Å². The Labute approximate surface area is 171 Å². The van der Waals surface area contributed by atoms with Gasteiger partial charge in [-0.3, -0.25) is 9.12 Å². The first-order chi connectivity index (χ1) is 13.3. The Morgan fingerprint density at radius 2 is 1.71 bits per heavy atom. The molecule has 0 spiro atoms. The summed E-state index contributed by atoms with van der Waals surface area (Å²) in [6, 6.07) is 13.0. The van der Waals surface area contributed by atoms with Gasteiger partial charge in [-0.2, -0.15) is 0 Å². The molecule has 0 saturated carbocycles. The molecule has 0 saturated heterocycles. The molecule has 4 aromatic rings. The van der Waals surface area contributed by atoms with E-state index in [2.05, 4.69) is 14.7 Å². The highest BCUT2D eigenvalue weighted by Crippen LogP contribution is 2.27. The van der Waals surface area contributed by atoms with E-state index >= 15 is 0 Å². The van der Waals surface area contributed by atoms with Crippen LogP contribution in [0.4, 0.5) is 5.69 Å². The van der Waals surface area contributed by atoms with Gasteiger partial charge >= 0.3 is 0 Å². The zero-order valence-electron chi connectivity index (χ0n) is 14.6. The third kappa shape index (κ3) is 3.69. The predicted molar refractivity (Wildman–Crippen MR) is 110 cm³/mol. The topological polar surface area (TPSA) is 76.4 Å². The van der Waals surface area contributed by atoms with Crippen molar-refractivity contribution in [1.82, 2.24) is 14.4 Å². The summed E-state index contributed by atoms with van der Waals surface area (Å²) in [6.45, 7) is 1.91. The molecular formula is C19H14Cl2N4O2S. The number of rotatable bonds is 4. The van der Waals surface area contributed by atoms with Crippen molar-refractivity contribution in [3.8, 4) is 11.3 Å². The Morgan fingerprint density at radius 3 is 2.43 bits per heavy atom. The summed E-state index contributed by atoms with van der Waals surface area (Å²) in [5.41, 5.74) is 2.90. The Bertz CT molecular complexity index is 1290. The van der Waals surface area contributed by atoms with E-state index in [0.29, 0.717) is 16.5 Å². The maximum Gasteiger partial charge on any atom is 0.261 e. The van der Waals surface area contributed by atoms with E-state index in [1.807, 2.05) is 29.8 Å². The van der Waals surface area contributed by atoms with Crippen LogP contribution in [0, 0.1) is 6.92 Å². The molecule has 0 atom stereocenters. The second-order valence-electron chi connectivity index (χ2n) is 6.16. The number of hydrogen-bond acceptors (Lipinski definition) is 4. The number of aromatic nitrogens is 3. The van der Waals surface area contributed by atoms with Crippen LogP contribution in [0.25, 0.3) is 17.0 Å². The zero-order chi connectivity index (χ0) is 19.9. The number of imidazole rings is 1. The van der Waals surface area contributed by atoms with E-state index < -0.39 is 10.0 Å². The fraction of sp³-hybridized carbons (Fsp3) is 0.0526. The van der Waals surface area contributed by atoms with Crippen molar-refractivity contribution in [2.75, 3.05) is 4.72 Å². The molecule has 9 heteroatoms. The van der Waals surface area contributed by atoms with Gasteiger partial charge in [-0.05, 0) is 43.3 Å². The number of nitrogens with zero attached hydrogens (tertiary/aromatic N) is 3. The van der Waals surface area contributed by atoms with Gasteiger partial charge in [0, 0.05) is 29.3 Å². The number of benzene rings is 2. The van der Waals surface area contributed by atoms with E-state index in [1.54, 1.807) is 24.3 Å². The van der Waals surface area contributed by atoms with Crippen molar-refractivity contribution >= 4 is 44.7 Å². The SMILES string of the molecule is Cc1ccn2cc(-c3ccc(NS(=O)(=O)c4ccc(Cl)c(Cl)c4)cc3)nc2n1. The van der Waals surface area contributed by atoms with Gasteiger partial charge in [0.05, 0.1) is 20.6 Å². The molecular weight excluding hydrogens is 419 g/mol. The van der Waals surface area contributed by atoms with Gasteiger partial charge in [-0.15, -0.1) is 0 Å². The van der Waals surface area contributed by atoms with Crippen LogP contribution in [0.3, 0.4) is 0 Å². The summed E-state index contributed by atoms with van der Waals surface area (Å²) < 4.78 is 29.4. The summed E-state index contributed by atoms with van der Waals surface area (Å²) in [5.74, 6) is 0.611. The largest absolute Gasteiger partial charge is 0.291 e. The quantitative estimate of drug-likeness (QED) is 0.501. The fourth-order valence-electron chi connectivity index (χ4n) is 2.67. The number of nitrogens with one attached hydrogen (secondary N) is 1. The molecule has 6 nitrogen and oxygen atoms in total. The maximum absolute atomic E-state index is 12.5. The van der Waals surface area contributed by atoms with Gasteiger partial charge in [0.25, 0.3) is 10.0 Å². The van der Waals surface area contributed by atoms with Crippen LogP contribution in [0.5, 0.6) is 0 Å². The lowest BCUT2D eigenvalue weighted by atomic mass is 10.1. The average molecular weight is 433 g/mol. The van der Waals surface area contributed by atoms with Crippen LogP contribution in [-0.2, 0) is 10.0 Å². The molecule has 0 amide bonds. The third-order valence-corrected chi connectivity index (χ3v) is 6.22. The monoisotopic (exact) mass is 432 g/mol. The first-order valence-corrected chi connectivity index (χ1v) is 10.5. The lowest BCUT2D eigenvalue weighted by molar-refractivity contribution is 0.601. The second-order valence-corrected chi connectivity index (χ2v) is 8.66. The molecule has 2 heterocycles. The van der Waals surface area contributed by atoms with Crippen molar-refractivity contribution < 1.29 is 8.42 Å². The van der Waals surface area contributed by atoms with E-state index in [4.69, 9.17) is 23.2 Å². The fourth-order valence-corrected chi connectivity index (χ4v) is 4.11. The highest BCUT2D eigenvalue weighted by Gasteiger charge is 2.16. The maximum atomic E-state index is 12.5. The Balaban J connectivity index is 1.59. The van der Waals surface area contributed by atoms with E-state index in [-0.39, 0.29) is 9.92 Å². The second kappa shape index (κ2) is 7.09. The minimum atomic E-state index is -3.78. The van der Waals surface area contributed by atoms with Crippen molar-refractivity contribution in [1.29, 1.82) is 0 Å². The number of anilines is 1. The number of sulfonamides is 1. The third-order valence-electron chi connectivity index (χ3n) is 4.10. The molecule has 2 aromatic heterocycles. The van der Waals surface area contributed by atoms with Gasteiger partial charge in [0.15, 0.2) is 0 Å². The minimum Gasteiger partial charge on any atom is -0.291 e. The highest BCUT2D eigenvalue weighted by atomic mass is 35.5. The number of hydrogen-bond donors (Lipinski definition) is 1. The summed E-state index contributed by atoms with van der Waals surface area (Å²) in [6.07, 6.45) is 3.77. The van der Waals surface area contributed by atoms with Crippen LogP contribution < -0.4 is 4.72 Å². The van der Waals surface area contributed by atoms with E-state index in [9.17, 15) is 8.42 Å². The summed E-state index contributed by atoms with van der Waals surface area (Å²) in [4.78, 5) is 8.91. The smallest absolute Gasteiger partial charge is 0.261 e. The van der Waals surface area contributed by atoms with Crippen LogP contribution in [0.1, 0.15) is 5.69 Å². The van der Waals surface area contributed by atoms with E-state index in [0.717, 1.165) is 17.0 Å². The standard InChI is InChI=1S/C19H14Cl2N4O2S/c1-12-8-9-25-11-18(23-19(25)22-12)13-2-4-14(5-3-13)24-28(26,27)15-6-7-16(20)17(21)10-15/h2-11,24H,1H3. The van der Waals surface area contributed by atoms with Crippen molar-refractivity contribution in [2.45, 2.75) is 11.8 Å². The normalized spacial score (nSPS) is 11.7.